The fourth-order valence-electron chi connectivity index (χ4n) is 3.04. The molecule has 0 aliphatic heterocycles. The number of methoxy groups -OCH3 is 1. The predicted molar refractivity (Wildman–Crippen MR) is 106 cm³/mol. The minimum Gasteiger partial charge on any atom is -0.467 e. The van der Waals surface area contributed by atoms with Crippen LogP contribution in [0.3, 0.4) is 0 Å². The number of halogens is 1. The number of benzene rings is 1. The summed E-state index contributed by atoms with van der Waals surface area (Å²) < 4.78 is 7.24. The lowest BCUT2D eigenvalue weighted by Gasteiger charge is -2.18. The standard InChI is InChI=1S/C19H19BrN4O4/c1-10-14(11(2)24-15(21-10)9-17(26)23-24)8-16(25)22-18(19(27)28-3)12-4-6-13(20)7-5-12/h4-7,9,18H,8H2,1-3H3,(H,22,25)(H,23,26). The topological polar surface area (TPSA) is 106 Å². The Labute approximate surface area is 169 Å². The highest BCUT2D eigenvalue weighted by Gasteiger charge is 2.24. The minimum absolute atomic E-state index is 0.00480. The normalized spacial score (nSPS) is 12.0. The Morgan fingerprint density at radius 3 is 2.61 bits per heavy atom. The molecule has 0 fully saturated rings. The van der Waals surface area contributed by atoms with Crippen molar-refractivity contribution in [3.63, 3.8) is 0 Å². The molecule has 0 aliphatic carbocycles. The average Bonchev–Trinajstić information content (AvgIpc) is 3.03. The Morgan fingerprint density at radius 1 is 1.29 bits per heavy atom. The predicted octanol–water partition coefficient (Wildman–Crippen LogP) is 1.97. The van der Waals surface area contributed by atoms with Crippen LogP contribution in [0.2, 0.25) is 0 Å². The van der Waals surface area contributed by atoms with Crippen LogP contribution in [0.5, 0.6) is 0 Å². The number of carbonyl (C=O) groups excluding carboxylic acids is 2. The van der Waals surface area contributed by atoms with E-state index in [1.807, 2.05) is 0 Å². The zero-order valence-electron chi connectivity index (χ0n) is 15.6. The van der Waals surface area contributed by atoms with Gasteiger partial charge >= 0.3 is 5.97 Å². The van der Waals surface area contributed by atoms with E-state index in [9.17, 15) is 14.4 Å². The number of nitrogens with one attached hydrogen (secondary N) is 2. The monoisotopic (exact) mass is 446 g/mol. The maximum absolute atomic E-state index is 12.7. The van der Waals surface area contributed by atoms with Crippen LogP contribution < -0.4 is 10.9 Å². The number of aryl methyl sites for hydroxylation is 2. The number of nitrogens with zero attached hydrogens (tertiary/aromatic N) is 2. The molecule has 0 aliphatic rings. The summed E-state index contributed by atoms with van der Waals surface area (Å²) in [6.45, 7) is 3.58. The molecular weight excluding hydrogens is 428 g/mol. The number of aromatic amines is 1. The molecule has 0 bridgehead atoms. The van der Waals surface area contributed by atoms with E-state index in [0.717, 1.165) is 4.47 Å². The first-order valence-electron chi connectivity index (χ1n) is 8.50. The van der Waals surface area contributed by atoms with Gasteiger partial charge in [-0.15, -0.1) is 0 Å². The maximum Gasteiger partial charge on any atom is 0.333 e. The van der Waals surface area contributed by atoms with Crippen molar-refractivity contribution in [3.05, 3.63) is 67.7 Å². The van der Waals surface area contributed by atoms with Gasteiger partial charge in [0.05, 0.1) is 13.5 Å². The Kier molecular flexibility index (Phi) is 5.64. The molecule has 1 aromatic carbocycles. The summed E-state index contributed by atoms with van der Waals surface area (Å²) in [5.74, 6) is -0.924. The third-order valence-electron chi connectivity index (χ3n) is 4.49. The number of esters is 1. The molecule has 3 aromatic rings. The number of H-pyrrole nitrogens is 1. The molecule has 2 N–H and O–H groups in total. The van der Waals surface area contributed by atoms with Gasteiger partial charge in [0.25, 0.3) is 5.56 Å². The van der Waals surface area contributed by atoms with Gasteiger partial charge in [0.15, 0.2) is 11.7 Å². The third kappa shape index (κ3) is 3.99. The van der Waals surface area contributed by atoms with E-state index in [4.69, 9.17) is 4.74 Å². The van der Waals surface area contributed by atoms with Gasteiger partial charge in [0.2, 0.25) is 5.91 Å². The smallest absolute Gasteiger partial charge is 0.333 e. The molecule has 8 nitrogen and oxygen atoms in total. The van der Waals surface area contributed by atoms with Gasteiger partial charge in [-0.3, -0.25) is 14.7 Å². The summed E-state index contributed by atoms with van der Waals surface area (Å²) in [6.07, 6.45) is 0.00480. The van der Waals surface area contributed by atoms with Gasteiger partial charge in [-0.2, -0.15) is 0 Å². The first kappa shape index (κ1) is 19.8. The third-order valence-corrected chi connectivity index (χ3v) is 5.01. The number of aromatic nitrogens is 3. The second-order valence-electron chi connectivity index (χ2n) is 6.33. The van der Waals surface area contributed by atoms with Crippen LogP contribution in [0.1, 0.15) is 28.6 Å². The molecule has 2 aromatic heterocycles. The summed E-state index contributed by atoms with van der Waals surface area (Å²) in [5.41, 5.74) is 2.86. The van der Waals surface area contributed by atoms with Crippen molar-refractivity contribution in [2.24, 2.45) is 0 Å². The first-order chi connectivity index (χ1) is 13.3. The number of amides is 1. The van der Waals surface area contributed by atoms with Crippen LogP contribution in [0, 0.1) is 13.8 Å². The molecule has 1 amide bonds. The number of hydrogen-bond acceptors (Lipinski definition) is 5. The zero-order valence-corrected chi connectivity index (χ0v) is 17.2. The van der Waals surface area contributed by atoms with Gasteiger partial charge in [-0.05, 0) is 31.5 Å². The van der Waals surface area contributed by atoms with E-state index in [-0.39, 0.29) is 17.9 Å². The van der Waals surface area contributed by atoms with Gasteiger partial charge in [-0.1, -0.05) is 28.1 Å². The number of carbonyl (C=O) groups is 2. The second-order valence-corrected chi connectivity index (χ2v) is 7.24. The number of hydrogen-bond donors (Lipinski definition) is 2. The van der Waals surface area contributed by atoms with E-state index in [2.05, 4.69) is 31.3 Å². The van der Waals surface area contributed by atoms with E-state index in [1.54, 1.807) is 42.6 Å². The lowest BCUT2D eigenvalue weighted by Crippen LogP contribution is -2.35. The van der Waals surface area contributed by atoms with Crippen LogP contribution in [-0.2, 0) is 20.7 Å². The summed E-state index contributed by atoms with van der Waals surface area (Å²) in [5, 5.41) is 5.38. The first-order valence-corrected chi connectivity index (χ1v) is 9.30. The van der Waals surface area contributed by atoms with Gasteiger partial charge in [0, 0.05) is 27.5 Å². The molecule has 0 saturated heterocycles. The summed E-state index contributed by atoms with van der Waals surface area (Å²) in [4.78, 5) is 40.8. The Bertz CT molecular complexity index is 1100. The number of ether oxygens (including phenoxy) is 1. The molecule has 0 spiro atoms. The largest absolute Gasteiger partial charge is 0.467 e. The molecule has 1 atom stereocenters. The molecule has 3 rings (SSSR count). The average molecular weight is 447 g/mol. The van der Waals surface area contributed by atoms with E-state index in [0.29, 0.717) is 28.2 Å². The van der Waals surface area contributed by atoms with Gasteiger partial charge < -0.3 is 10.1 Å². The van der Waals surface area contributed by atoms with Crippen molar-refractivity contribution in [1.29, 1.82) is 0 Å². The van der Waals surface area contributed by atoms with E-state index in [1.165, 1.54) is 13.2 Å². The van der Waals surface area contributed by atoms with Crippen molar-refractivity contribution >= 4 is 33.5 Å². The molecule has 2 heterocycles. The summed E-state index contributed by atoms with van der Waals surface area (Å²) in [6, 6.07) is 7.51. The van der Waals surface area contributed by atoms with E-state index >= 15 is 0 Å². The highest BCUT2D eigenvalue weighted by Crippen LogP contribution is 2.19. The summed E-state index contributed by atoms with van der Waals surface area (Å²) >= 11 is 3.34. The second kappa shape index (κ2) is 7.97. The van der Waals surface area contributed by atoms with Crippen LogP contribution in [-0.4, -0.2) is 33.6 Å². The fraction of sp³-hybridized carbons (Fsp3) is 0.263. The SMILES string of the molecule is COC(=O)C(NC(=O)Cc1c(C)nc2cc(=O)[nH]n2c1C)c1ccc(Br)cc1. The molecular formula is C19H19BrN4O4. The molecule has 1 unspecified atom stereocenters. The van der Waals surface area contributed by atoms with E-state index < -0.39 is 12.0 Å². The summed E-state index contributed by atoms with van der Waals surface area (Å²) in [7, 11) is 1.27. The molecule has 28 heavy (non-hydrogen) atoms. The van der Waals surface area contributed by atoms with Crippen LogP contribution >= 0.6 is 15.9 Å². The Balaban J connectivity index is 1.87. The quantitative estimate of drug-likeness (QED) is 0.582. The van der Waals surface area contributed by atoms with Crippen molar-refractivity contribution in [2.75, 3.05) is 7.11 Å². The lowest BCUT2D eigenvalue weighted by molar-refractivity contribution is -0.145. The molecule has 9 heteroatoms. The number of rotatable bonds is 5. The van der Waals surface area contributed by atoms with Crippen molar-refractivity contribution < 1.29 is 14.3 Å². The molecule has 146 valence electrons. The molecule has 0 saturated carbocycles. The Morgan fingerprint density at radius 2 is 1.96 bits per heavy atom. The zero-order chi connectivity index (χ0) is 20.4. The van der Waals surface area contributed by atoms with Gasteiger partial charge in [-0.25, -0.2) is 14.3 Å². The highest BCUT2D eigenvalue weighted by atomic mass is 79.9. The van der Waals surface area contributed by atoms with Crippen molar-refractivity contribution in [3.8, 4) is 0 Å². The van der Waals surface area contributed by atoms with Crippen molar-refractivity contribution in [1.82, 2.24) is 19.9 Å². The Hall–Kier alpha value is -2.94. The molecule has 0 radical (unpaired) electrons. The van der Waals surface area contributed by atoms with Crippen LogP contribution in [0.15, 0.2) is 39.6 Å². The van der Waals surface area contributed by atoms with Crippen LogP contribution in [0.25, 0.3) is 5.65 Å². The highest BCUT2D eigenvalue weighted by molar-refractivity contribution is 9.10. The maximum atomic E-state index is 12.7. The van der Waals surface area contributed by atoms with Crippen molar-refractivity contribution in [2.45, 2.75) is 26.3 Å². The van der Waals surface area contributed by atoms with Crippen LogP contribution in [0.4, 0.5) is 0 Å². The fourth-order valence-corrected chi connectivity index (χ4v) is 3.30. The van der Waals surface area contributed by atoms with Gasteiger partial charge in [0.1, 0.15) is 0 Å². The number of fused-ring (bicyclic) bond motifs is 1. The lowest BCUT2D eigenvalue weighted by atomic mass is 10.1. The minimum atomic E-state index is -0.922.